The molecule has 96 valence electrons. The zero-order valence-corrected chi connectivity index (χ0v) is 11.1. The molecule has 1 aromatic rings. The van der Waals surface area contributed by atoms with Crippen molar-refractivity contribution in [1.29, 1.82) is 0 Å². The monoisotopic (exact) mass is 236 g/mol. The maximum atomic E-state index is 9.55. The molecule has 0 aliphatic rings. The van der Waals surface area contributed by atoms with E-state index >= 15 is 0 Å². The highest BCUT2D eigenvalue weighted by molar-refractivity contribution is 5.24. The lowest BCUT2D eigenvalue weighted by Crippen LogP contribution is -2.44. The lowest BCUT2D eigenvalue weighted by atomic mass is 9.88. The molecular formula is C14H24N2O. The third kappa shape index (κ3) is 3.80. The first-order valence-electron chi connectivity index (χ1n) is 6.15. The van der Waals surface area contributed by atoms with Crippen molar-refractivity contribution in [1.82, 2.24) is 4.90 Å². The second kappa shape index (κ2) is 6.15. The van der Waals surface area contributed by atoms with Gasteiger partial charge in [0.1, 0.15) is 0 Å². The van der Waals surface area contributed by atoms with E-state index in [0.29, 0.717) is 6.04 Å². The van der Waals surface area contributed by atoms with Gasteiger partial charge in [-0.15, -0.1) is 0 Å². The molecule has 1 rings (SSSR count). The van der Waals surface area contributed by atoms with E-state index in [-0.39, 0.29) is 6.61 Å². The Kier molecular flexibility index (Phi) is 5.12. The summed E-state index contributed by atoms with van der Waals surface area (Å²) in [7, 11) is 2.08. The fraction of sp³-hybridized carbons (Fsp3) is 0.571. The minimum Gasteiger partial charge on any atom is -0.394 e. The largest absolute Gasteiger partial charge is 0.394 e. The molecule has 0 spiro atoms. The van der Waals surface area contributed by atoms with E-state index in [9.17, 15) is 5.11 Å². The van der Waals surface area contributed by atoms with Crippen LogP contribution in [-0.2, 0) is 5.54 Å². The van der Waals surface area contributed by atoms with Gasteiger partial charge in [-0.25, -0.2) is 0 Å². The van der Waals surface area contributed by atoms with E-state index in [0.717, 1.165) is 18.5 Å². The van der Waals surface area contributed by atoms with Gasteiger partial charge in [-0.1, -0.05) is 30.3 Å². The van der Waals surface area contributed by atoms with Crippen molar-refractivity contribution in [2.45, 2.75) is 31.8 Å². The molecule has 1 atom stereocenters. The Morgan fingerprint density at radius 2 is 1.88 bits per heavy atom. The fourth-order valence-electron chi connectivity index (χ4n) is 1.72. The van der Waals surface area contributed by atoms with Crippen molar-refractivity contribution < 1.29 is 5.11 Å². The Morgan fingerprint density at radius 1 is 1.29 bits per heavy atom. The number of benzene rings is 1. The lowest BCUT2D eigenvalue weighted by Gasteiger charge is -2.31. The zero-order chi connectivity index (χ0) is 12.9. The molecule has 0 heterocycles. The van der Waals surface area contributed by atoms with Crippen LogP contribution >= 0.6 is 0 Å². The normalized spacial score (nSPS) is 15.2. The third-order valence-corrected chi connectivity index (χ3v) is 3.42. The molecule has 0 bridgehead atoms. The van der Waals surface area contributed by atoms with Gasteiger partial charge in [-0.05, 0) is 32.9 Å². The average Bonchev–Trinajstić information content (AvgIpc) is 2.36. The van der Waals surface area contributed by atoms with Crippen LogP contribution in [0.1, 0.15) is 25.8 Å². The van der Waals surface area contributed by atoms with Gasteiger partial charge < -0.3 is 15.7 Å². The maximum Gasteiger partial charge on any atom is 0.0656 e. The second-order valence-corrected chi connectivity index (χ2v) is 5.00. The van der Waals surface area contributed by atoms with Crippen LogP contribution in [0.5, 0.6) is 0 Å². The Morgan fingerprint density at radius 3 is 2.35 bits per heavy atom. The topological polar surface area (TPSA) is 49.5 Å². The zero-order valence-electron chi connectivity index (χ0n) is 11.1. The highest BCUT2D eigenvalue weighted by Gasteiger charge is 2.26. The van der Waals surface area contributed by atoms with Gasteiger partial charge in [-0.3, -0.25) is 0 Å². The standard InChI is InChI=1S/C14H24N2O/c1-12(2)16(3)10-9-14(15,11-17)13-7-5-4-6-8-13/h4-8,12,17H,9-11,15H2,1-3H3. The van der Waals surface area contributed by atoms with Gasteiger partial charge in [0.25, 0.3) is 0 Å². The van der Waals surface area contributed by atoms with E-state index in [4.69, 9.17) is 5.73 Å². The van der Waals surface area contributed by atoms with Crippen LogP contribution < -0.4 is 5.73 Å². The summed E-state index contributed by atoms with van der Waals surface area (Å²) in [5, 5.41) is 9.55. The molecule has 1 aromatic carbocycles. The molecule has 1 unspecified atom stereocenters. The Balaban J connectivity index is 2.70. The van der Waals surface area contributed by atoms with Crippen molar-refractivity contribution in [2.75, 3.05) is 20.2 Å². The molecule has 0 saturated carbocycles. The van der Waals surface area contributed by atoms with E-state index in [1.807, 2.05) is 30.3 Å². The fourth-order valence-corrected chi connectivity index (χ4v) is 1.72. The molecule has 3 nitrogen and oxygen atoms in total. The van der Waals surface area contributed by atoms with E-state index < -0.39 is 5.54 Å². The van der Waals surface area contributed by atoms with Crippen LogP contribution in [0, 0.1) is 0 Å². The van der Waals surface area contributed by atoms with Crippen molar-refractivity contribution in [3.63, 3.8) is 0 Å². The van der Waals surface area contributed by atoms with Gasteiger partial charge in [0.05, 0.1) is 12.1 Å². The molecule has 0 aromatic heterocycles. The van der Waals surface area contributed by atoms with Gasteiger partial charge in [0.15, 0.2) is 0 Å². The second-order valence-electron chi connectivity index (χ2n) is 5.00. The summed E-state index contributed by atoms with van der Waals surface area (Å²) in [5.74, 6) is 0. The van der Waals surface area contributed by atoms with Crippen LogP contribution in [0.2, 0.25) is 0 Å². The van der Waals surface area contributed by atoms with E-state index in [1.165, 1.54) is 0 Å². The summed E-state index contributed by atoms with van der Waals surface area (Å²) in [5.41, 5.74) is 6.66. The molecule has 0 saturated heterocycles. The van der Waals surface area contributed by atoms with E-state index in [2.05, 4.69) is 25.8 Å². The molecule has 0 radical (unpaired) electrons. The first kappa shape index (κ1) is 14.2. The average molecular weight is 236 g/mol. The maximum absolute atomic E-state index is 9.55. The van der Waals surface area contributed by atoms with Crippen LogP contribution in [0.3, 0.4) is 0 Å². The number of nitrogens with zero attached hydrogens (tertiary/aromatic N) is 1. The van der Waals surface area contributed by atoms with Crippen molar-refractivity contribution >= 4 is 0 Å². The van der Waals surface area contributed by atoms with Gasteiger partial charge >= 0.3 is 0 Å². The molecular weight excluding hydrogens is 212 g/mol. The summed E-state index contributed by atoms with van der Waals surface area (Å²) >= 11 is 0. The highest BCUT2D eigenvalue weighted by atomic mass is 16.3. The van der Waals surface area contributed by atoms with Crippen LogP contribution in [0.15, 0.2) is 30.3 Å². The van der Waals surface area contributed by atoms with Crippen LogP contribution in [0.25, 0.3) is 0 Å². The molecule has 0 aliphatic heterocycles. The number of aliphatic hydroxyl groups is 1. The van der Waals surface area contributed by atoms with Crippen molar-refractivity contribution in [3.8, 4) is 0 Å². The predicted molar refractivity (Wildman–Crippen MR) is 71.8 cm³/mol. The SMILES string of the molecule is CC(C)N(C)CCC(N)(CO)c1ccccc1. The van der Waals surface area contributed by atoms with Gasteiger partial charge in [-0.2, -0.15) is 0 Å². The quantitative estimate of drug-likeness (QED) is 0.788. The molecule has 3 heteroatoms. The molecule has 3 N–H and O–H groups in total. The number of hydrogen-bond acceptors (Lipinski definition) is 3. The summed E-state index contributed by atoms with van der Waals surface area (Å²) in [4.78, 5) is 2.24. The number of aliphatic hydroxyl groups excluding tert-OH is 1. The first-order chi connectivity index (χ1) is 7.99. The highest BCUT2D eigenvalue weighted by Crippen LogP contribution is 2.22. The van der Waals surface area contributed by atoms with Crippen molar-refractivity contribution in [2.24, 2.45) is 5.73 Å². The molecule has 0 amide bonds. The summed E-state index contributed by atoms with van der Waals surface area (Å²) in [6.07, 6.45) is 0.752. The van der Waals surface area contributed by atoms with Gasteiger partial charge in [0.2, 0.25) is 0 Å². The Bertz CT molecular complexity index is 326. The number of nitrogens with two attached hydrogens (primary N) is 1. The molecule has 0 fully saturated rings. The summed E-state index contributed by atoms with van der Waals surface area (Å²) in [6, 6.07) is 10.3. The first-order valence-corrected chi connectivity index (χ1v) is 6.15. The van der Waals surface area contributed by atoms with Crippen LogP contribution in [0.4, 0.5) is 0 Å². The summed E-state index contributed by atoms with van der Waals surface area (Å²) < 4.78 is 0. The Labute approximate surface area is 104 Å². The Hall–Kier alpha value is -0.900. The number of hydrogen-bond donors (Lipinski definition) is 2. The van der Waals surface area contributed by atoms with Crippen molar-refractivity contribution in [3.05, 3.63) is 35.9 Å². The van der Waals surface area contributed by atoms with Gasteiger partial charge in [0, 0.05) is 12.6 Å². The lowest BCUT2D eigenvalue weighted by molar-refractivity contribution is 0.162. The third-order valence-electron chi connectivity index (χ3n) is 3.42. The number of rotatable bonds is 6. The molecule has 17 heavy (non-hydrogen) atoms. The summed E-state index contributed by atoms with van der Waals surface area (Å²) in [6.45, 7) is 5.16. The minimum atomic E-state index is -0.635. The smallest absolute Gasteiger partial charge is 0.0656 e. The molecule has 0 aliphatic carbocycles. The minimum absolute atomic E-state index is 0.0249. The predicted octanol–water partition coefficient (Wildman–Crippen LogP) is 1.56. The van der Waals surface area contributed by atoms with Crippen LogP contribution in [-0.4, -0.2) is 36.2 Å². The van der Waals surface area contributed by atoms with E-state index in [1.54, 1.807) is 0 Å².